The summed E-state index contributed by atoms with van der Waals surface area (Å²) in [6, 6.07) is 0. The zero-order valence-corrected chi connectivity index (χ0v) is 10.9. The van der Waals surface area contributed by atoms with E-state index in [4.69, 9.17) is 0 Å². The summed E-state index contributed by atoms with van der Waals surface area (Å²) < 4.78 is 0. The van der Waals surface area contributed by atoms with Crippen LogP contribution in [0.25, 0.3) is 0 Å². The summed E-state index contributed by atoms with van der Waals surface area (Å²) >= 11 is 0. The lowest BCUT2D eigenvalue weighted by atomic mass is 10.0. The molecule has 1 fully saturated rings. The Kier molecular flexibility index (Phi) is 3.38. The second-order valence-electron chi connectivity index (χ2n) is 5.75. The normalized spacial score (nSPS) is 23.4. The number of hydrogen-bond donors (Lipinski definition) is 0. The predicted molar refractivity (Wildman–Crippen MR) is 69.4 cm³/mol. The van der Waals surface area contributed by atoms with Gasteiger partial charge in [-0.1, -0.05) is 12.2 Å². The topological polar surface area (TPSA) is 6.48 Å². The van der Waals surface area contributed by atoms with Gasteiger partial charge in [0, 0.05) is 37.4 Å². The minimum atomic E-state index is 0.322. The highest BCUT2D eigenvalue weighted by Gasteiger charge is 2.26. The van der Waals surface area contributed by atoms with Gasteiger partial charge in [0.05, 0.1) is 0 Å². The van der Waals surface area contributed by atoms with E-state index in [1.165, 1.54) is 44.7 Å². The van der Waals surface area contributed by atoms with E-state index in [0.717, 1.165) is 0 Å². The summed E-state index contributed by atoms with van der Waals surface area (Å²) in [7, 11) is 0. The Bertz CT molecular complexity index is 288. The van der Waals surface area contributed by atoms with Crippen molar-refractivity contribution in [3.63, 3.8) is 0 Å². The van der Waals surface area contributed by atoms with Gasteiger partial charge in [-0.05, 0) is 39.7 Å². The lowest BCUT2D eigenvalue weighted by Gasteiger charge is -2.43. The zero-order chi connectivity index (χ0) is 11.6. The molecule has 0 aromatic rings. The summed E-state index contributed by atoms with van der Waals surface area (Å²) in [5.41, 5.74) is 1.77. The van der Waals surface area contributed by atoms with Gasteiger partial charge in [0.15, 0.2) is 0 Å². The molecule has 0 aromatic carbocycles. The van der Waals surface area contributed by atoms with Crippen LogP contribution < -0.4 is 0 Å². The van der Waals surface area contributed by atoms with Gasteiger partial charge in [-0.2, -0.15) is 0 Å². The van der Waals surface area contributed by atoms with Crippen molar-refractivity contribution in [2.75, 3.05) is 26.2 Å². The van der Waals surface area contributed by atoms with Crippen LogP contribution in [0.4, 0.5) is 0 Å². The van der Waals surface area contributed by atoms with E-state index in [1.807, 2.05) is 0 Å². The SMILES string of the molecule is CC(C)(C)N1CCN(C2=CCCC=C2)CC1. The molecule has 0 aromatic heterocycles. The van der Waals surface area contributed by atoms with Gasteiger partial charge < -0.3 is 4.90 Å². The molecule has 16 heavy (non-hydrogen) atoms. The quantitative estimate of drug-likeness (QED) is 0.670. The van der Waals surface area contributed by atoms with Crippen molar-refractivity contribution in [1.82, 2.24) is 9.80 Å². The van der Waals surface area contributed by atoms with Gasteiger partial charge >= 0.3 is 0 Å². The third-order valence-electron chi connectivity index (χ3n) is 3.57. The summed E-state index contributed by atoms with van der Waals surface area (Å²) in [6.45, 7) is 11.7. The van der Waals surface area contributed by atoms with Crippen LogP contribution in [-0.4, -0.2) is 41.5 Å². The minimum Gasteiger partial charge on any atom is -0.369 e. The van der Waals surface area contributed by atoms with Gasteiger partial charge in [0.2, 0.25) is 0 Å². The number of rotatable bonds is 1. The maximum atomic E-state index is 2.58. The van der Waals surface area contributed by atoms with Gasteiger partial charge in [-0.15, -0.1) is 0 Å². The van der Waals surface area contributed by atoms with Crippen LogP contribution in [0.2, 0.25) is 0 Å². The van der Waals surface area contributed by atoms with Crippen molar-refractivity contribution in [3.8, 4) is 0 Å². The molecule has 90 valence electrons. The second kappa shape index (κ2) is 4.62. The molecule has 1 saturated heterocycles. The van der Waals surface area contributed by atoms with E-state index in [-0.39, 0.29) is 0 Å². The van der Waals surface area contributed by atoms with Gasteiger partial charge in [0.25, 0.3) is 0 Å². The van der Waals surface area contributed by atoms with Crippen LogP contribution in [0.5, 0.6) is 0 Å². The molecule has 1 heterocycles. The molecule has 0 bridgehead atoms. The zero-order valence-electron chi connectivity index (χ0n) is 10.9. The first-order valence-electron chi connectivity index (χ1n) is 6.44. The van der Waals surface area contributed by atoms with Crippen molar-refractivity contribution >= 4 is 0 Å². The van der Waals surface area contributed by atoms with Crippen LogP contribution >= 0.6 is 0 Å². The minimum absolute atomic E-state index is 0.322. The highest BCUT2D eigenvalue weighted by Crippen LogP contribution is 2.20. The van der Waals surface area contributed by atoms with Crippen LogP contribution in [0.1, 0.15) is 33.6 Å². The monoisotopic (exact) mass is 220 g/mol. The molecular weight excluding hydrogens is 196 g/mol. The van der Waals surface area contributed by atoms with Crippen LogP contribution in [0.3, 0.4) is 0 Å². The molecule has 0 radical (unpaired) electrons. The largest absolute Gasteiger partial charge is 0.369 e. The molecule has 0 atom stereocenters. The number of nitrogens with zero attached hydrogens (tertiary/aromatic N) is 2. The molecule has 0 N–H and O–H groups in total. The first-order valence-corrected chi connectivity index (χ1v) is 6.44. The molecule has 0 amide bonds. The maximum absolute atomic E-state index is 2.58. The molecule has 1 aliphatic heterocycles. The van der Waals surface area contributed by atoms with Crippen molar-refractivity contribution in [2.45, 2.75) is 39.2 Å². The van der Waals surface area contributed by atoms with Crippen molar-refractivity contribution in [1.29, 1.82) is 0 Å². The smallest absolute Gasteiger partial charge is 0.0323 e. The Morgan fingerprint density at radius 1 is 1.00 bits per heavy atom. The molecule has 2 heteroatoms. The van der Waals surface area contributed by atoms with E-state index < -0.39 is 0 Å². The Hall–Kier alpha value is -0.760. The molecule has 0 saturated carbocycles. The fraction of sp³-hybridized carbons (Fsp3) is 0.714. The molecule has 1 aliphatic carbocycles. The van der Waals surface area contributed by atoms with Crippen molar-refractivity contribution in [3.05, 3.63) is 23.9 Å². The van der Waals surface area contributed by atoms with E-state index in [9.17, 15) is 0 Å². The van der Waals surface area contributed by atoms with Gasteiger partial charge in [-0.25, -0.2) is 0 Å². The third kappa shape index (κ3) is 2.67. The predicted octanol–water partition coefficient (Wildman–Crippen LogP) is 2.64. The molecule has 2 rings (SSSR count). The molecule has 2 aliphatic rings. The molecule has 0 unspecified atom stereocenters. The number of piperazine rings is 1. The van der Waals surface area contributed by atoms with E-state index in [2.05, 4.69) is 48.8 Å². The van der Waals surface area contributed by atoms with Crippen LogP contribution in [0.15, 0.2) is 23.9 Å². The summed E-state index contributed by atoms with van der Waals surface area (Å²) in [5.74, 6) is 0. The van der Waals surface area contributed by atoms with E-state index >= 15 is 0 Å². The Morgan fingerprint density at radius 3 is 2.19 bits per heavy atom. The van der Waals surface area contributed by atoms with Crippen LogP contribution in [0, 0.1) is 0 Å². The first-order chi connectivity index (χ1) is 7.57. The molecule has 0 spiro atoms. The summed E-state index contributed by atoms with van der Waals surface area (Å²) in [4.78, 5) is 5.11. The maximum Gasteiger partial charge on any atom is 0.0323 e. The summed E-state index contributed by atoms with van der Waals surface area (Å²) in [6.07, 6.45) is 9.39. The lowest BCUT2D eigenvalue weighted by Crippen LogP contribution is -2.52. The highest BCUT2D eigenvalue weighted by atomic mass is 15.3. The van der Waals surface area contributed by atoms with E-state index in [0.29, 0.717) is 5.54 Å². The summed E-state index contributed by atoms with van der Waals surface area (Å²) in [5, 5.41) is 0. The standard InChI is InChI=1S/C14H24N2/c1-14(2,3)16-11-9-15(10-12-16)13-7-5-4-6-8-13/h5,7-8H,4,6,9-12H2,1-3H3. The Labute approximate surface area is 99.6 Å². The van der Waals surface area contributed by atoms with Crippen LogP contribution in [-0.2, 0) is 0 Å². The fourth-order valence-corrected chi connectivity index (χ4v) is 2.47. The first kappa shape index (κ1) is 11.7. The fourth-order valence-electron chi connectivity index (χ4n) is 2.47. The van der Waals surface area contributed by atoms with Gasteiger partial charge in [-0.3, -0.25) is 4.90 Å². The third-order valence-corrected chi connectivity index (χ3v) is 3.57. The Balaban J connectivity index is 1.90. The highest BCUT2D eigenvalue weighted by molar-refractivity contribution is 5.21. The number of hydrogen-bond acceptors (Lipinski definition) is 2. The average Bonchev–Trinajstić information content (AvgIpc) is 2.29. The van der Waals surface area contributed by atoms with Crippen molar-refractivity contribution < 1.29 is 0 Å². The lowest BCUT2D eigenvalue weighted by molar-refractivity contribution is 0.0776. The molecular formula is C14H24N2. The second-order valence-corrected chi connectivity index (χ2v) is 5.75. The van der Waals surface area contributed by atoms with Crippen molar-refractivity contribution in [2.24, 2.45) is 0 Å². The molecule has 2 nitrogen and oxygen atoms in total. The van der Waals surface area contributed by atoms with Gasteiger partial charge in [0.1, 0.15) is 0 Å². The Morgan fingerprint density at radius 2 is 1.69 bits per heavy atom. The average molecular weight is 220 g/mol. The number of allylic oxidation sites excluding steroid dienone is 3. The van der Waals surface area contributed by atoms with E-state index in [1.54, 1.807) is 0 Å².